The molecule has 0 unspecified atom stereocenters. The number of rotatable bonds is 4. The molecule has 2 heterocycles. The molecule has 1 aromatic carbocycles. The van der Waals surface area contributed by atoms with Crippen molar-refractivity contribution in [2.24, 2.45) is 0 Å². The van der Waals surface area contributed by atoms with Crippen LogP contribution in [0.1, 0.15) is 30.5 Å². The van der Waals surface area contributed by atoms with Crippen molar-refractivity contribution < 1.29 is 4.74 Å². The van der Waals surface area contributed by atoms with E-state index >= 15 is 0 Å². The lowest BCUT2D eigenvalue weighted by atomic mass is 10.1. The summed E-state index contributed by atoms with van der Waals surface area (Å²) in [6, 6.07) is 10.5. The first-order valence-electron chi connectivity index (χ1n) is 9.64. The van der Waals surface area contributed by atoms with Crippen LogP contribution in [0.2, 0.25) is 0 Å². The van der Waals surface area contributed by atoms with Gasteiger partial charge in [0.25, 0.3) is 0 Å². The van der Waals surface area contributed by atoms with E-state index in [1.807, 2.05) is 11.5 Å². The number of hydrogen-bond acceptors (Lipinski definition) is 6. The first kappa shape index (κ1) is 18.9. The maximum absolute atomic E-state index is 13.0. The minimum atomic E-state index is -0.323. The molecular formula is C22H23N5O2. The second kappa shape index (κ2) is 7.50. The number of nitrogens with one attached hydrogen (secondary N) is 3. The van der Waals surface area contributed by atoms with Gasteiger partial charge in [-0.2, -0.15) is 0 Å². The van der Waals surface area contributed by atoms with E-state index in [9.17, 15) is 4.79 Å². The van der Waals surface area contributed by atoms with Crippen molar-refractivity contribution in [3.05, 3.63) is 69.6 Å². The van der Waals surface area contributed by atoms with Crippen LogP contribution in [0.4, 0.5) is 5.69 Å². The Morgan fingerprint density at radius 2 is 1.97 bits per heavy atom. The van der Waals surface area contributed by atoms with E-state index in [0.717, 1.165) is 18.5 Å². The summed E-state index contributed by atoms with van der Waals surface area (Å²) in [4.78, 5) is 17.5. The molecule has 1 aliphatic rings. The molecule has 0 atom stereocenters. The molecule has 0 fully saturated rings. The lowest BCUT2D eigenvalue weighted by Crippen LogP contribution is -2.23. The van der Waals surface area contributed by atoms with Crippen LogP contribution in [0.3, 0.4) is 0 Å². The minimum Gasteiger partial charge on any atom is -0.425 e. The van der Waals surface area contributed by atoms with Gasteiger partial charge in [-0.05, 0) is 37.0 Å². The van der Waals surface area contributed by atoms with E-state index in [0.29, 0.717) is 17.6 Å². The van der Waals surface area contributed by atoms with Crippen molar-refractivity contribution in [2.75, 3.05) is 5.32 Å². The van der Waals surface area contributed by atoms with Crippen molar-refractivity contribution in [3.8, 4) is 0 Å². The zero-order valence-corrected chi connectivity index (χ0v) is 16.5. The van der Waals surface area contributed by atoms with Crippen molar-refractivity contribution in [2.45, 2.75) is 39.3 Å². The molecule has 3 N–H and O–H groups in total. The maximum atomic E-state index is 13.0. The zero-order chi connectivity index (χ0) is 20.5. The van der Waals surface area contributed by atoms with E-state index < -0.39 is 0 Å². The molecule has 0 aliphatic heterocycles. The van der Waals surface area contributed by atoms with Crippen molar-refractivity contribution in [1.29, 1.82) is 10.8 Å². The van der Waals surface area contributed by atoms with Gasteiger partial charge >= 0.3 is 0 Å². The molecule has 29 heavy (non-hydrogen) atoms. The van der Waals surface area contributed by atoms with Gasteiger partial charge in [0.15, 0.2) is 5.90 Å². The first-order valence-corrected chi connectivity index (χ1v) is 9.64. The number of nitrogens with zero attached hydrogens (tertiary/aromatic N) is 2. The van der Waals surface area contributed by atoms with Crippen LogP contribution in [0, 0.1) is 10.8 Å². The Morgan fingerprint density at radius 3 is 2.59 bits per heavy atom. The number of ether oxygens (including phenoxy) is 1. The molecule has 4 rings (SSSR count). The van der Waals surface area contributed by atoms with Crippen molar-refractivity contribution >= 4 is 28.5 Å². The van der Waals surface area contributed by atoms with Gasteiger partial charge in [0, 0.05) is 25.7 Å². The first-order chi connectivity index (χ1) is 14.0. The summed E-state index contributed by atoms with van der Waals surface area (Å²) in [6.07, 6.45) is 5.19. The van der Waals surface area contributed by atoms with E-state index in [1.165, 1.54) is 18.1 Å². The lowest BCUT2D eigenvalue weighted by molar-refractivity contribution is 0.531. The number of fused-ring (bicyclic) bond motifs is 2. The third kappa shape index (κ3) is 3.63. The highest BCUT2D eigenvalue weighted by atomic mass is 16.5. The van der Waals surface area contributed by atoms with Crippen LogP contribution >= 0.6 is 0 Å². The summed E-state index contributed by atoms with van der Waals surface area (Å²) in [6.45, 7) is 3.97. The normalized spacial score (nSPS) is 13.3. The SMILES string of the molecule is CCn1cc(C(=N)OC(C)=N)c(=O)c2cc(NC3Cc4ccccc4C3)cnc21. The van der Waals surface area contributed by atoms with Gasteiger partial charge in [0.2, 0.25) is 11.3 Å². The fourth-order valence-corrected chi connectivity index (χ4v) is 3.86. The summed E-state index contributed by atoms with van der Waals surface area (Å²) < 4.78 is 6.87. The third-order valence-corrected chi connectivity index (χ3v) is 5.18. The molecular weight excluding hydrogens is 366 g/mol. The van der Waals surface area contributed by atoms with Crippen LogP contribution in [-0.4, -0.2) is 27.4 Å². The maximum Gasteiger partial charge on any atom is 0.226 e. The largest absolute Gasteiger partial charge is 0.425 e. The van der Waals surface area contributed by atoms with Crippen molar-refractivity contribution in [3.63, 3.8) is 0 Å². The smallest absolute Gasteiger partial charge is 0.226 e. The van der Waals surface area contributed by atoms with Crippen LogP contribution in [0.25, 0.3) is 11.0 Å². The second-order valence-electron chi connectivity index (χ2n) is 7.26. The molecule has 148 valence electrons. The standard InChI is InChI=1S/C22H23N5O2/c1-3-27-12-19(21(24)29-13(2)23)20(28)18-10-17(11-25-22(18)27)26-16-8-14-6-4-5-7-15(14)9-16/h4-7,10-12,16,23-24,26H,3,8-9H2,1-2H3. The topological polar surface area (TPSA) is 104 Å². The van der Waals surface area contributed by atoms with Crippen LogP contribution in [0.5, 0.6) is 0 Å². The number of hydrogen-bond donors (Lipinski definition) is 3. The Balaban J connectivity index is 1.69. The minimum absolute atomic E-state index is 0.123. The van der Waals surface area contributed by atoms with Crippen molar-refractivity contribution in [1.82, 2.24) is 9.55 Å². The monoisotopic (exact) mass is 389 g/mol. The quantitative estimate of drug-likeness (QED) is 0.470. The van der Waals surface area contributed by atoms with Gasteiger partial charge in [0.1, 0.15) is 11.2 Å². The summed E-state index contributed by atoms with van der Waals surface area (Å²) >= 11 is 0. The van der Waals surface area contributed by atoms with E-state index in [4.69, 9.17) is 15.6 Å². The molecule has 0 spiro atoms. The lowest BCUT2D eigenvalue weighted by Gasteiger charge is -2.16. The fourth-order valence-electron chi connectivity index (χ4n) is 3.86. The Morgan fingerprint density at radius 1 is 1.28 bits per heavy atom. The van der Waals surface area contributed by atoms with Gasteiger partial charge in [-0.15, -0.1) is 0 Å². The van der Waals surface area contributed by atoms with Gasteiger partial charge in [0.05, 0.1) is 17.3 Å². The molecule has 7 nitrogen and oxygen atoms in total. The second-order valence-corrected chi connectivity index (χ2v) is 7.26. The summed E-state index contributed by atoms with van der Waals surface area (Å²) in [5, 5.41) is 19.4. The molecule has 0 saturated carbocycles. The Kier molecular flexibility index (Phi) is 4.88. The molecule has 0 amide bonds. The highest BCUT2D eigenvalue weighted by Crippen LogP contribution is 2.25. The average Bonchev–Trinajstić information content (AvgIpc) is 3.10. The fraction of sp³-hybridized carbons (Fsp3) is 0.273. The summed E-state index contributed by atoms with van der Waals surface area (Å²) in [5.74, 6) is -0.455. The molecule has 0 bridgehead atoms. The highest BCUT2D eigenvalue weighted by Gasteiger charge is 2.21. The van der Waals surface area contributed by atoms with Gasteiger partial charge in [-0.3, -0.25) is 15.6 Å². The predicted octanol–water partition coefficient (Wildman–Crippen LogP) is 3.33. The zero-order valence-electron chi connectivity index (χ0n) is 16.5. The number of anilines is 1. The number of pyridine rings is 2. The molecule has 3 aromatic rings. The van der Waals surface area contributed by atoms with E-state index in [2.05, 4.69) is 34.6 Å². The number of aryl methyl sites for hydroxylation is 1. The van der Waals surface area contributed by atoms with Gasteiger partial charge in [-0.25, -0.2) is 4.98 Å². The number of benzene rings is 1. The average molecular weight is 389 g/mol. The van der Waals surface area contributed by atoms with Gasteiger partial charge in [-0.1, -0.05) is 24.3 Å². The van der Waals surface area contributed by atoms with Crippen LogP contribution in [-0.2, 0) is 24.1 Å². The molecule has 2 aromatic heterocycles. The van der Waals surface area contributed by atoms with E-state index in [-0.39, 0.29) is 28.8 Å². The van der Waals surface area contributed by atoms with Crippen LogP contribution < -0.4 is 10.7 Å². The molecule has 0 saturated heterocycles. The molecule has 1 aliphatic carbocycles. The summed E-state index contributed by atoms with van der Waals surface area (Å²) in [5.41, 5.74) is 3.85. The molecule has 0 radical (unpaired) electrons. The Hall–Kier alpha value is -3.48. The number of aromatic nitrogens is 2. The Bertz CT molecular complexity index is 1160. The predicted molar refractivity (Wildman–Crippen MR) is 114 cm³/mol. The Labute approximate surface area is 168 Å². The third-order valence-electron chi connectivity index (χ3n) is 5.18. The summed E-state index contributed by atoms with van der Waals surface area (Å²) in [7, 11) is 0. The van der Waals surface area contributed by atoms with Gasteiger partial charge < -0.3 is 14.6 Å². The molecule has 7 heteroatoms. The highest BCUT2D eigenvalue weighted by molar-refractivity contribution is 6.00. The van der Waals surface area contributed by atoms with Crippen LogP contribution in [0.15, 0.2) is 47.5 Å². The van der Waals surface area contributed by atoms with E-state index in [1.54, 1.807) is 18.5 Å².